The molecule has 2 aromatic carbocycles. The van der Waals surface area contributed by atoms with E-state index in [2.05, 4.69) is 17.9 Å². The number of piperazine rings is 1. The third-order valence-corrected chi connectivity index (χ3v) is 10.9. The van der Waals surface area contributed by atoms with Crippen LogP contribution in [0.4, 0.5) is 9.93 Å². The van der Waals surface area contributed by atoms with E-state index < -0.39 is 16.1 Å². The van der Waals surface area contributed by atoms with Crippen LogP contribution in [0.1, 0.15) is 34.8 Å². The van der Waals surface area contributed by atoms with Crippen LogP contribution in [0.15, 0.2) is 41.3 Å². The first kappa shape index (κ1) is 34.1. The van der Waals surface area contributed by atoms with Crippen molar-refractivity contribution in [2.24, 2.45) is 0 Å². The van der Waals surface area contributed by atoms with Crippen LogP contribution in [-0.2, 0) is 19.5 Å². The number of sulfonamides is 1. The second-order valence-corrected chi connectivity index (χ2v) is 13.7. The van der Waals surface area contributed by atoms with Crippen molar-refractivity contribution < 1.29 is 27.5 Å². The number of amides is 2. The molecule has 0 bridgehead atoms. The molecule has 0 N–H and O–H groups in total. The Morgan fingerprint density at radius 3 is 2.36 bits per heavy atom. The summed E-state index contributed by atoms with van der Waals surface area (Å²) in [5.41, 5.74) is 3.50. The van der Waals surface area contributed by atoms with Crippen molar-refractivity contribution in [2.75, 3.05) is 77.1 Å². The highest BCUT2D eigenvalue weighted by atomic mass is 35.5. The van der Waals surface area contributed by atoms with Crippen molar-refractivity contribution in [2.45, 2.75) is 32.1 Å². The van der Waals surface area contributed by atoms with Crippen molar-refractivity contribution in [1.82, 2.24) is 19.1 Å². The van der Waals surface area contributed by atoms with Crippen LogP contribution in [0.25, 0.3) is 10.2 Å². The van der Waals surface area contributed by atoms with Crippen LogP contribution in [0.3, 0.4) is 0 Å². The first-order valence-electron chi connectivity index (χ1n) is 14.7. The Bertz CT molecular complexity index is 1550. The summed E-state index contributed by atoms with van der Waals surface area (Å²) in [6.45, 7) is 11.5. The smallest absolute Gasteiger partial charge is 0.409 e. The lowest BCUT2D eigenvalue weighted by molar-refractivity contribution is 0.0376. The maximum Gasteiger partial charge on any atom is 0.409 e. The Morgan fingerprint density at radius 1 is 1.02 bits per heavy atom. The Morgan fingerprint density at radius 2 is 1.70 bits per heavy atom. The molecule has 0 aliphatic carbocycles. The van der Waals surface area contributed by atoms with Crippen LogP contribution >= 0.6 is 23.7 Å². The largest absolute Gasteiger partial charge is 0.450 e. The number of ether oxygens (including phenoxy) is 2. The predicted molar refractivity (Wildman–Crippen MR) is 174 cm³/mol. The third-order valence-electron chi connectivity index (χ3n) is 7.75. The number of hydrogen-bond acceptors (Lipinski definition) is 9. The molecule has 0 atom stereocenters. The molecule has 0 spiro atoms. The molecule has 44 heavy (non-hydrogen) atoms. The van der Waals surface area contributed by atoms with Gasteiger partial charge in [-0.3, -0.25) is 14.6 Å². The molecule has 11 nitrogen and oxygen atoms in total. The molecule has 14 heteroatoms. The summed E-state index contributed by atoms with van der Waals surface area (Å²) in [7, 11) is -3.79. The number of aromatic nitrogens is 1. The van der Waals surface area contributed by atoms with E-state index in [0.717, 1.165) is 60.6 Å². The van der Waals surface area contributed by atoms with Crippen LogP contribution in [0, 0.1) is 13.8 Å². The van der Waals surface area contributed by atoms with Gasteiger partial charge in [0.2, 0.25) is 10.0 Å². The molecule has 2 amide bonds. The number of thiazole rings is 1. The molecule has 3 aromatic rings. The van der Waals surface area contributed by atoms with Crippen LogP contribution < -0.4 is 4.90 Å². The van der Waals surface area contributed by atoms with E-state index in [-0.39, 0.29) is 56.0 Å². The molecule has 0 unspecified atom stereocenters. The fourth-order valence-electron chi connectivity index (χ4n) is 5.44. The summed E-state index contributed by atoms with van der Waals surface area (Å²) < 4.78 is 39.6. The summed E-state index contributed by atoms with van der Waals surface area (Å²) in [4.78, 5) is 36.4. The average Bonchev–Trinajstić information content (AvgIpc) is 3.44. The number of rotatable bonds is 9. The number of aryl methyl sites for hydroxylation is 2. The fourth-order valence-corrected chi connectivity index (χ4v) is 7.90. The summed E-state index contributed by atoms with van der Waals surface area (Å²) in [6, 6.07) is 10.3. The first-order valence-corrected chi connectivity index (χ1v) is 16.9. The third kappa shape index (κ3) is 7.69. The number of benzene rings is 2. The number of carbonyl (C=O) groups is 2. The molecule has 2 saturated heterocycles. The van der Waals surface area contributed by atoms with Gasteiger partial charge in [0, 0.05) is 57.9 Å². The average molecular weight is 666 g/mol. The van der Waals surface area contributed by atoms with E-state index in [9.17, 15) is 18.0 Å². The summed E-state index contributed by atoms with van der Waals surface area (Å²) in [6.07, 6.45) is 0.333. The van der Waals surface area contributed by atoms with Gasteiger partial charge in [-0.1, -0.05) is 17.4 Å². The molecular weight excluding hydrogens is 626 g/mol. The maximum atomic E-state index is 13.9. The molecular formula is C30H40ClN5O6S2. The Hall–Kier alpha value is -2.81. The van der Waals surface area contributed by atoms with E-state index in [1.165, 1.54) is 32.7 Å². The molecule has 240 valence electrons. The van der Waals surface area contributed by atoms with Gasteiger partial charge < -0.3 is 14.4 Å². The SMILES string of the molecule is CCOC(=O)N1CCN(S(=O)(=O)c2ccc(C(=O)N(CCCN3CCOCC3)c3nc4cc(C)cc(C)c4s3)cc2)CC1.Cl. The van der Waals surface area contributed by atoms with Gasteiger partial charge in [0.25, 0.3) is 5.91 Å². The Balaban J connectivity index is 0.00000442. The Kier molecular flexibility index (Phi) is 11.6. The number of nitrogens with zero attached hydrogens (tertiary/aromatic N) is 5. The number of anilines is 1. The molecule has 0 saturated carbocycles. The van der Waals surface area contributed by atoms with Gasteiger partial charge in [-0.2, -0.15) is 4.31 Å². The quantitative estimate of drug-likeness (QED) is 0.335. The lowest BCUT2D eigenvalue weighted by Gasteiger charge is -2.33. The molecule has 2 aliphatic rings. The van der Waals surface area contributed by atoms with Crippen molar-refractivity contribution in [1.29, 1.82) is 0 Å². The molecule has 1 aromatic heterocycles. The number of hydrogen-bond donors (Lipinski definition) is 0. The van der Waals surface area contributed by atoms with Crippen LogP contribution in [-0.4, -0.2) is 112 Å². The molecule has 2 fully saturated rings. The van der Waals surface area contributed by atoms with Crippen molar-refractivity contribution in [3.63, 3.8) is 0 Å². The van der Waals surface area contributed by atoms with E-state index in [4.69, 9.17) is 14.5 Å². The molecule has 2 aliphatic heterocycles. The number of morpholine rings is 1. The van der Waals surface area contributed by atoms with Crippen LogP contribution in [0.5, 0.6) is 0 Å². The molecule has 5 rings (SSSR count). The van der Waals surface area contributed by atoms with Gasteiger partial charge in [-0.05, 0) is 68.7 Å². The summed E-state index contributed by atoms with van der Waals surface area (Å²) >= 11 is 1.50. The molecule has 0 radical (unpaired) electrons. The monoisotopic (exact) mass is 665 g/mol. The standard InChI is InChI=1S/C30H39N5O6S2.ClH/c1-4-41-30(37)33-12-14-34(15-13-33)43(38,39)25-8-6-24(7-9-25)28(36)35(11-5-10-32-16-18-40-19-17-32)29-31-26-21-22(2)20-23(3)27(26)42-29;/h6-9,20-21H,4-5,10-19H2,1-3H3;1H. The lowest BCUT2D eigenvalue weighted by atomic mass is 10.1. The minimum absolute atomic E-state index is 0. The molecule has 3 heterocycles. The predicted octanol–water partition coefficient (Wildman–Crippen LogP) is 4.17. The van der Waals surface area contributed by atoms with Gasteiger partial charge in [0.1, 0.15) is 0 Å². The highest BCUT2D eigenvalue weighted by molar-refractivity contribution is 7.89. The summed E-state index contributed by atoms with van der Waals surface area (Å²) in [5, 5.41) is 0.631. The van der Waals surface area contributed by atoms with Gasteiger partial charge >= 0.3 is 6.09 Å². The number of carbonyl (C=O) groups excluding carboxylic acids is 2. The van der Waals surface area contributed by atoms with E-state index in [0.29, 0.717) is 17.2 Å². The van der Waals surface area contributed by atoms with Crippen molar-refractivity contribution >= 4 is 61.1 Å². The van der Waals surface area contributed by atoms with E-state index in [1.807, 2.05) is 13.0 Å². The van der Waals surface area contributed by atoms with E-state index in [1.54, 1.807) is 24.0 Å². The Labute approximate surface area is 269 Å². The van der Waals surface area contributed by atoms with Gasteiger partial charge in [-0.25, -0.2) is 18.2 Å². The highest BCUT2D eigenvalue weighted by Gasteiger charge is 2.31. The normalized spacial score (nSPS) is 16.5. The van der Waals surface area contributed by atoms with Gasteiger partial charge in [0.05, 0.1) is 34.9 Å². The number of fused-ring (bicyclic) bond motifs is 1. The second-order valence-electron chi connectivity index (χ2n) is 10.8. The topological polar surface area (TPSA) is 113 Å². The van der Waals surface area contributed by atoms with Gasteiger partial charge in [-0.15, -0.1) is 12.4 Å². The van der Waals surface area contributed by atoms with Crippen LogP contribution in [0.2, 0.25) is 0 Å². The first-order chi connectivity index (χ1) is 20.7. The lowest BCUT2D eigenvalue weighted by Crippen LogP contribution is -2.50. The highest BCUT2D eigenvalue weighted by Crippen LogP contribution is 2.33. The number of halogens is 1. The van der Waals surface area contributed by atoms with Gasteiger partial charge in [0.15, 0.2) is 5.13 Å². The minimum atomic E-state index is -3.79. The summed E-state index contributed by atoms with van der Waals surface area (Å²) in [5.74, 6) is -0.220. The van der Waals surface area contributed by atoms with Crippen molar-refractivity contribution in [3.8, 4) is 0 Å². The zero-order chi connectivity index (χ0) is 30.6. The fraction of sp³-hybridized carbons (Fsp3) is 0.500. The maximum absolute atomic E-state index is 13.9. The minimum Gasteiger partial charge on any atom is -0.450 e. The van der Waals surface area contributed by atoms with E-state index >= 15 is 0 Å². The van der Waals surface area contributed by atoms with Crippen molar-refractivity contribution in [3.05, 3.63) is 53.1 Å². The second kappa shape index (κ2) is 15.0. The zero-order valence-electron chi connectivity index (χ0n) is 25.4. The zero-order valence-corrected chi connectivity index (χ0v) is 27.8.